The summed E-state index contributed by atoms with van der Waals surface area (Å²) in [6.07, 6.45) is 8.09. The zero-order valence-corrected chi connectivity index (χ0v) is 15.9. The Morgan fingerprint density at radius 3 is 2.07 bits per heavy atom. The van der Waals surface area contributed by atoms with Crippen molar-refractivity contribution in [2.45, 2.75) is 0 Å². The van der Waals surface area contributed by atoms with Crippen molar-refractivity contribution in [3.8, 4) is 6.07 Å². The van der Waals surface area contributed by atoms with Crippen LogP contribution in [0.25, 0.3) is 34.5 Å². The van der Waals surface area contributed by atoms with E-state index >= 15 is 0 Å². The highest BCUT2D eigenvalue weighted by Crippen LogP contribution is 2.35. The maximum absolute atomic E-state index is 9.36. The minimum atomic E-state index is 0.501. The van der Waals surface area contributed by atoms with E-state index in [1.54, 1.807) is 0 Å². The summed E-state index contributed by atoms with van der Waals surface area (Å²) in [5.41, 5.74) is 10.7. The van der Waals surface area contributed by atoms with E-state index in [1.807, 2.05) is 91.0 Å². The largest absolute Gasteiger partial charge is 0.396 e. The molecule has 2 N–H and O–H groups in total. The number of hydrogen-bond acceptors (Lipinski definition) is 4. The first-order chi connectivity index (χ1) is 13.7. The molecule has 2 aromatic carbocycles. The number of hydrogen-bond donors (Lipinski definition) is 1. The number of pyridine rings is 1. The number of rotatable bonds is 4. The van der Waals surface area contributed by atoms with Gasteiger partial charge in [0.25, 0.3) is 0 Å². The van der Waals surface area contributed by atoms with Gasteiger partial charge in [-0.2, -0.15) is 5.26 Å². The number of nitrogen functional groups attached to an aromatic ring is 1. The number of nitriles is 1. The van der Waals surface area contributed by atoms with Crippen LogP contribution in [-0.4, -0.2) is 4.98 Å². The molecule has 2 heterocycles. The van der Waals surface area contributed by atoms with E-state index in [2.05, 4.69) is 6.07 Å². The Hall–Kier alpha value is -3.68. The summed E-state index contributed by atoms with van der Waals surface area (Å²) in [5, 5.41) is 10.2. The van der Waals surface area contributed by atoms with Gasteiger partial charge in [-0.1, -0.05) is 78.9 Å². The molecule has 0 amide bonds. The number of fused-ring (bicyclic) bond motifs is 1. The Labute approximate surface area is 167 Å². The molecule has 0 aliphatic carbocycles. The lowest BCUT2D eigenvalue weighted by Gasteiger charge is -2.02. The van der Waals surface area contributed by atoms with Gasteiger partial charge in [0.15, 0.2) is 0 Å². The lowest BCUT2D eigenvalue weighted by Crippen LogP contribution is -1.90. The summed E-state index contributed by atoms with van der Waals surface area (Å²) in [5.74, 6) is 0. The van der Waals surface area contributed by atoms with Crippen LogP contribution in [0.3, 0.4) is 0 Å². The molecule has 2 aromatic heterocycles. The minimum absolute atomic E-state index is 0.501. The molecule has 0 unspecified atom stereocenters. The van der Waals surface area contributed by atoms with Gasteiger partial charge in [-0.05, 0) is 28.8 Å². The average molecular weight is 379 g/mol. The van der Waals surface area contributed by atoms with Gasteiger partial charge in [0, 0.05) is 5.39 Å². The van der Waals surface area contributed by atoms with E-state index in [0.29, 0.717) is 10.6 Å². The molecule has 4 rings (SSSR count). The van der Waals surface area contributed by atoms with Crippen molar-refractivity contribution >= 4 is 51.5 Å². The molecule has 0 aliphatic rings. The van der Waals surface area contributed by atoms with Crippen LogP contribution in [0.4, 0.5) is 5.69 Å². The Balaban J connectivity index is 1.81. The van der Waals surface area contributed by atoms with Crippen LogP contribution < -0.4 is 5.73 Å². The van der Waals surface area contributed by atoms with Crippen LogP contribution >= 0.6 is 11.3 Å². The topological polar surface area (TPSA) is 62.7 Å². The maximum Gasteiger partial charge on any atom is 0.130 e. The Morgan fingerprint density at radius 1 is 0.857 bits per heavy atom. The van der Waals surface area contributed by atoms with Crippen molar-refractivity contribution in [1.29, 1.82) is 5.26 Å². The molecule has 0 radical (unpaired) electrons. The molecule has 0 bridgehead atoms. The Kier molecular flexibility index (Phi) is 5.01. The highest BCUT2D eigenvalue weighted by molar-refractivity contribution is 7.19. The lowest BCUT2D eigenvalue weighted by atomic mass is 10.1. The lowest BCUT2D eigenvalue weighted by molar-refractivity contribution is 1.39. The SMILES string of the molecule is N#Cc1sc2nc(/C=C/c3ccccc3)cc(/C=C/c3ccccc3)c2c1N. The van der Waals surface area contributed by atoms with Crippen LogP contribution in [0.1, 0.15) is 27.3 Å². The molecular weight excluding hydrogens is 362 g/mol. The Bertz CT molecular complexity index is 1210. The van der Waals surface area contributed by atoms with Crippen LogP contribution in [0, 0.1) is 11.3 Å². The fourth-order valence-electron chi connectivity index (χ4n) is 2.97. The van der Waals surface area contributed by atoms with E-state index < -0.39 is 0 Å². The standard InChI is InChI=1S/C24H17N3S/c25-16-21-23(26)22-19(13-11-17-7-3-1-4-8-17)15-20(27-24(22)28-21)14-12-18-9-5-2-6-10-18/h1-15H,26H2/b13-11+,14-12+. The van der Waals surface area contributed by atoms with E-state index in [9.17, 15) is 5.26 Å². The third kappa shape index (κ3) is 3.71. The van der Waals surface area contributed by atoms with Crippen molar-refractivity contribution in [3.05, 3.63) is 94.0 Å². The summed E-state index contributed by atoms with van der Waals surface area (Å²) in [4.78, 5) is 5.98. The van der Waals surface area contributed by atoms with Crippen molar-refractivity contribution < 1.29 is 0 Å². The van der Waals surface area contributed by atoms with E-state index in [4.69, 9.17) is 10.7 Å². The van der Waals surface area contributed by atoms with Gasteiger partial charge in [0.2, 0.25) is 0 Å². The number of nitrogens with zero attached hydrogens (tertiary/aromatic N) is 2. The molecule has 0 saturated carbocycles. The summed E-state index contributed by atoms with van der Waals surface area (Å²) in [6, 6.07) is 24.4. The number of nitrogens with two attached hydrogens (primary N) is 1. The van der Waals surface area contributed by atoms with Crippen molar-refractivity contribution in [2.75, 3.05) is 5.73 Å². The zero-order chi connectivity index (χ0) is 19.3. The average Bonchev–Trinajstić information content (AvgIpc) is 3.08. The van der Waals surface area contributed by atoms with E-state index in [0.717, 1.165) is 32.6 Å². The Morgan fingerprint density at radius 2 is 1.46 bits per heavy atom. The molecule has 0 aliphatic heterocycles. The van der Waals surface area contributed by atoms with Crippen LogP contribution in [0.2, 0.25) is 0 Å². The summed E-state index contributed by atoms with van der Waals surface area (Å²) >= 11 is 1.33. The van der Waals surface area contributed by atoms with Gasteiger partial charge in [0.05, 0.1) is 11.4 Å². The third-order valence-electron chi connectivity index (χ3n) is 4.35. The number of benzene rings is 2. The van der Waals surface area contributed by atoms with Crippen LogP contribution in [-0.2, 0) is 0 Å². The smallest absolute Gasteiger partial charge is 0.130 e. The molecular formula is C24H17N3S. The highest BCUT2D eigenvalue weighted by atomic mass is 32.1. The highest BCUT2D eigenvalue weighted by Gasteiger charge is 2.14. The zero-order valence-electron chi connectivity index (χ0n) is 15.0. The normalized spacial score (nSPS) is 11.4. The molecule has 0 fully saturated rings. The molecule has 4 heteroatoms. The monoisotopic (exact) mass is 379 g/mol. The fourth-order valence-corrected chi connectivity index (χ4v) is 3.90. The van der Waals surface area contributed by atoms with Crippen molar-refractivity contribution in [2.24, 2.45) is 0 Å². The van der Waals surface area contributed by atoms with Gasteiger partial charge in [-0.3, -0.25) is 0 Å². The predicted octanol–water partition coefficient (Wildman–Crippen LogP) is 6.09. The number of anilines is 1. The summed E-state index contributed by atoms with van der Waals surface area (Å²) in [7, 11) is 0. The summed E-state index contributed by atoms with van der Waals surface area (Å²) in [6.45, 7) is 0. The quantitative estimate of drug-likeness (QED) is 0.466. The minimum Gasteiger partial charge on any atom is -0.396 e. The van der Waals surface area contributed by atoms with Gasteiger partial charge in [-0.15, -0.1) is 11.3 Å². The summed E-state index contributed by atoms with van der Waals surface area (Å²) < 4.78 is 0. The first-order valence-electron chi connectivity index (χ1n) is 8.84. The van der Waals surface area contributed by atoms with E-state index in [-0.39, 0.29) is 0 Å². The number of aromatic nitrogens is 1. The van der Waals surface area contributed by atoms with Crippen LogP contribution in [0.5, 0.6) is 0 Å². The van der Waals surface area contributed by atoms with Crippen molar-refractivity contribution in [1.82, 2.24) is 4.98 Å². The molecule has 28 heavy (non-hydrogen) atoms. The molecule has 134 valence electrons. The predicted molar refractivity (Wildman–Crippen MR) is 119 cm³/mol. The van der Waals surface area contributed by atoms with Gasteiger partial charge < -0.3 is 5.73 Å². The second-order valence-electron chi connectivity index (χ2n) is 6.26. The molecule has 0 saturated heterocycles. The fraction of sp³-hybridized carbons (Fsp3) is 0. The van der Waals surface area contributed by atoms with Crippen molar-refractivity contribution in [3.63, 3.8) is 0 Å². The third-order valence-corrected chi connectivity index (χ3v) is 5.36. The number of thiophene rings is 1. The second-order valence-corrected chi connectivity index (χ2v) is 7.26. The molecule has 3 nitrogen and oxygen atoms in total. The molecule has 0 atom stereocenters. The van der Waals surface area contributed by atoms with Gasteiger partial charge in [0.1, 0.15) is 15.8 Å². The van der Waals surface area contributed by atoms with Gasteiger partial charge in [-0.25, -0.2) is 4.98 Å². The second kappa shape index (κ2) is 7.91. The first-order valence-corrected chi connectivity index (χ1v) is 9.65. The van der Waals surface area contributed by atoms with E-state index in [1.165, 1.54) is 11.3 Å². The van der Waals surface area contributed by atoms with Gasteiger partial charge >= 0.3 is 0 Å². The van der Waals surface area contributed by atoms with Crippen LogP contribution in [0.15, 0.2) is 66.7 Å². The first kappa shape index (κ1) is 17.7. The maximum atomic E-state index is 9.36. The molecule has 0 spiro atoms. The molecule has 4 aromatic rings.